The van der Waals surface area contributed by atoms with E-state index >= 15 is 0 Å². The maximum absolute atomic E-state index is 11.2. The van der Waals surface area contributed by atoms with E-state index in [2.05, 4.69) is 40.1 Å². The van der Waals surface area contributed by atoms with Crippen molar-refractivity contribution >= 4 is 17.6 Å². The van der Waals surface area contributed by atoms with Gasteiger partial charge in [0.25, 0.3) is 0 Å². The molecule has 0 amide bonds. The number of carboxylic acids is 2. The maximum atomic E-state index is 11.2. The minimum absolute atomic E-state index is 0.558. The van der Waals surface area contributed by atoms with E-state index in [1.807, 2.05) is 30.3 Å². The van der Waals surface area contributed by atoms with Gasteiger partial charge in [0.15, 0.2) is 0 Å². The number of piperazine rings is 1. The van der Waals surface area contributed by atoms with Crippen LogP contribution >= 0.6 is 0 Å². The molecule has 1 heterocycles. The number of hydrogen-bond acceptors (Lipinski definition) is 6. The Morgan fingerprint density at radius 2 is 1.41 bits per heavy atom. The number of aliphatic hydroxyl groups is 1. The van der Waals surface area contributed by atoms with Gasteiger partial charge in [-0.3, -0.25) is 4.90 Å². The maximum Gasteiger partial charge on any atom is 0.328 e. The van der Waals surface area contributed by atoms with Gasteiger partial charge in [0, 0.05) is 50.1 Å². The van der Waals surface area contributed by atoms with Crippen molar-refractivity contribution in [1.82, 2.24) is 4.90 Å². The highest BCUT2D eigenvalue weighted by Gasteiger charge is 2.50. The molecule has 3 N–H and O–H groups in total. The molecular formula is C29H33N3O5. The molecule has 37 heavy (non-hydrogen) atoms. The van der Waals surface area contributed by atoms with Gasteiger partial charge < -0.3 is 20.2 Å². The summed E-state index contributed by atoms with van der Waals surface area (Å²) in [4.78, 5) is 24.2. The normalized spacial score (nSPS) is 27.2. The fourth-order valence-electron chi connectivity index (χ4n) is 6.15. The summed E-state index contributed by atoms with van der Waals surface area (Å²) in [5.74, 6) is -1.21. The number of nitriles is 1. The fourth-order valence-corrected chi connectivity index (χ4v) is 6.15. The van der Waals surface area contributed by atoms with Crippen molar-refractivity contribution in [1.29, 1.82) is 5.26 Å². The standard InChI is InChI=1S/C25H29N3O.C4H4O4/c26-18-19-6-8-23(9-7-19)27-10-12-28(13-11-27)24-14-20-16-25(29,17-21(20)15-24)22-4-2-1-3-5-22;5-3(6)1-2-4(7)8/h1-9,20-21,24,29H,10-17H2;1-2H,(H,5,6)(H,7,8)/b;2-1+. The third-order valence-electron chi connectivity index (χ3n) is 7.89. The Bertz CT molecular complexity index is 1120. The van der Waals surface area contributed by atoms with E-state index in [0.29, 0.717) is 30.0 Å². The molecule has 194 valence electrons. The first-order valence-corrected chi connectivity index (χ1v) is 12.7. The summed E-state index contributed by atoms with van der Waals surface area (Å²) in [6, 6.07) is 21.1. The molecule has 1 aliphatic heterocycles. The van der Waals surface area contributed by atoms with E-state index in [4.69, 9.17) is 15.5 Å². The average Bonchev–Trinajstić information content (AvgIpc) is 3.44. The molecule has 0 spiro atoms. The summed E-state index contributed by atoms with van der Waals surface area (Å²) < 4.78 is 0. The number of carbonyl (C=O) groups is 2. The van der Waals surface area contributed by atoms with Gasteiger partial charge >= 0.3 is 11.9 Å². The van der Waals surface area contributed by atoms with Gasteiger partial charge in [-0.15, -0.1) is 0 Å². The highest BCUT2D eigenvalue weighted by Crippen LogP contribution is 2.53. The lowest BCUT2D eigenvalue weighted by atomic mass is 9.89. The summed E-state index contributed by atoms with van der Waals surface area (Å²) in [6.07, 6.45) is 5.42. The van der Waals surface area contributed by atoms with E-state index in [1.54, 1.807) is 0 Å². The second-order valence-corrected chi connectivity index (χ2v) is 10.1. The summed E-state index contributed by atoms with van der Waals surface area (Å²) in [7, 11) is 0. The van der Waals surface area contributed by atoms with Crippen LogP contribution in [0.15, 0.2) is 66.7 Å². The predicted octanol–water partition coefficient (Wildman–Crippen LogP) is 3.47. The fraction of sp³-hybridized carbons (Fsp3) is 0.414. The molecule has 0 bridgehead atoms. The average molecular weight is 504 g/mol. The van der Waals surface area contributed by atoms with Crippen molar-refractivity contribution in [2.75, 3.05) is 31.1 Å². The Morgan fingerprint density at radius 3 is 1.89 bits per heavy atom. The Labute approximate surface area is 217 Å². The molecule has 0 radical (unpaired) electrons. The molecule has 3 fully saturated rings. The van der Waals surface area contributed by atoms with Crippen molar-refractivity contribution in [3.05, 3.63) is 77.9 Å². The minimum atomic E-state index is -1.26. The van der Waals surface area contributed by atoms with E-state index in [9.17, 15) is 14.7 Å². The Balaban J connectivity index is 0.000000349. The van der Waals surface area contributed by atoms with Gasteiger partial charge in [0.2, 0.25) is 0 Å². The van der Waals surface area contributed by atoms with Crippen molar-refractivity contribution in [3.63, 3.8) is 0 Å². The summed E-state index contributed by atoms with van der Waals surface area (Å²) >= 11 is 0. The molecule has 2 aliphatic carbocycles. The van der Waals surface area contributed by atoms with E-state index in [0.717, 1.165) is 50.1 Å². The van der Waals surface area contributed by atoms with Crippen LogP contribution in [0.25, 0.3) is 0 Å². The van der Waals surface area contributed by atoms with Crippen LogP contribution in [-0.4, -0.2) is 64.4 Å². The number of nitrogens with zero attached hydrogens (tertiary/aromatic N) is 3. The van der Waals surface area contributed by atoms with E-state index < -0.39 is 17.5 Å². The van der Waals surface area contributed by atoms with Crippen molar-refractivity contribution in [2.45, 2.75) is 37.3 Å². The topological polar surface area (TPSA) is 125 Å². The molecule has 1 saturated heterocycles. The molecule has 2 unspecified atom stereocenters. The largest absolute Gasteiger partial charge is 0.478 e. The predicted molar refractivity (Wildman–Crippen MR) is 139 cm³/mol. The smallest absolute Gasteiger partial charge is 0.328 e. The first kappa shape index (κ1) is 26.4. The first-order chi connectivity index (χ1) is 17.8. The minimum Gasteiger partial charge on any atom is -0.478 e. The van der Waals surface area contributed by atoms with Crippen LogP contribution in [0, 0.1) is 23.2 Å². The highest BCUT2D eigenvalue weighted by molar-refractivity contribution is 5.89. The number of carboxylic acid groups (broad SMARTS) is 2. The molecule has 2 aromatic rings. The lowest BCUT2D eigenvalue weighted by molar-refractivity contribution is -0.134. The molecule has 8 heteroatoms. The van der Waals surface area contributed by atoms with Crippen LogP contribution in [0.4, 0.5) is 5.69 Å². The zero-order valence-electron chi connectivity index (χ0n) is 20.7. The van der Waals surface area contributed by atoms with Crippen molar-refractivity contribution < 1.29 is 24.9 Å². The number of rotatable bonds is 5. The van der Waals surface area contributed by atoms with Gasteiger partial charge in [-0.2, -0.15) is 5.26 Å². The molecule has 5 rings (SSSR count). The number of anilines is 1. The van der Waals surface area contributed by atoms with Crippen LogP contribution in [0.3, 0.4) is 0 Å². The van der Waals surface area contributed by atoms with Crippen LogP contribution in [0.2, 0.25) is 0 Å². The van der Waals surface area contributed by atoms with Gasteiger partial charge in [0.05, 0.1) is 17.2 Å². The summed E-state index contributed by atoms with van der Waals surface area (Å²) in [5, 5.41) is 35.8. The van der Waals surface area contributed by atoms with Crippen LogP contribution in [0.1, 0.15) is 36.8 Å². The Kier molecular flexibility index (Phi) is 8.27. The zero-order valence-corrected chi connectivity index (χ0v) is 20.7. The molecule has 2 aromatic carbocycles. The van der Waals surface area contributed by atoms with Gasteiger partial charge in [-0.1, -0.05) is 30.3 Å². The first-order valence-electron chi connectivity index (χ1n) is 12.7. The van der Waals surface area contributed by atoms with Crippen molar-refractivity contribution in [3.8, 4) is 6.07 Å². The SMILES string of the molecule is N#Cc1ccc(N2CCN(C3CC4CC(O)(c5ccccc5)CC4C3)CC2)cc1.O=C(O)/C=C/C(=O)O. The quantitative estimate of drug-likeness (QED) is 0.530. The number of aliphatic carboxylic acids is 2. The molecule has 2 saturated carbocycles. The Hall–Kier alpha value is -3.67. The lowest BCUT2D eigenvalue weighted by Gasteiger charge is -2.39. The van der Waals surface area contributed by atoms with E-state index in [1.165, 1.54) is 18.5 Å². The Morgan fingerprint density at radius 1 is 0.865 bits per heavy atom. The van der Waals surface area contributed by atoms with E-state index in [-0.39, 0.29) is 0 Å². The molecule has 3 aliphatic rings. The second-order valence-electron chi connectivity index (χ2n) is 10.1. The molecular weight excluding hydrogens is 470 g/mol. The molecule has 2 atom stereocenters. The zero-order chi connectivity index (χ0) is 26.4. The monoisotopic (exact) mass is 503 g/mol. The van der Waals surface area contributed by atoms with Crippen LogP contribution < -0.4 is 4.90 Å². The van der Waals surface area contributed by atoms with Crippen LogP contribution in [0.5, 0.6) is 0 Å². The van der Waals surface area contributed by atoms with Crippen LogP contribution in [-0.2, 0) is 15.2 Å². The second kappa shape index (κ2) is 11.6. The third kappa shape index (κ3) is 6.56. The number of benzene rings is 2. The molecule has 8 nitrogen and oxygen atoms in total. The molecule has 0 aromatic heterocycles. The number of fused-ring (bicyclic) bond motifs is 1. The van der Waals surface area contributed by atoms with Crippen molar-refractivity contribution in [2.24, 2.45) is 11.8 Å². The van der Waals surface area contributed by atoms with Gasteiger partial charge in [0.1, 0.15) is 0 Å². The lowest BCUT2D eigenvalue weighted by Crippen LogP contribution is -2.50. The number of hydrogen-bond donors (Lipinski definition) is 3. The van der Waals surface area contributed by atoms with Gasteiger partial charge in [-0.05, 0) is 67.3 Å². The summed E-state index contributed by atoms with van der Waals surface area (Å²) in [6.45, 7) is 4.30. The van der Waals surface area contributed by atoms with Gasteiger partial charge in [-0.25, -0.2) is 9.59 Å². The summed E-state index contributed by atoms with van der Waals surface area (Å²) in [5.41, 5.74) is 2.43. The third-order valence-corrected chi connectivity index (χ3v) is 7.89. The highest BCUT2D eigenvalue weighted by atomic mass is 16.4.